The average molecular weight is 312 g/mol. The summed E-state index contributed by atoms with van der Waals surface area (Å²) in [6.45, 7) is 5.06. The predicted molar refractivity (Wildman–Crippen MR) is 82.1 cm³/mol. The van der Waals surface area contributed by atoms with Crippen molar-refractivity contribution in [1.82, 2.24) is 0 Å². The van der Waals surface area contributed by atoms with Gasteiger partial charge in [-0.05, 0) is 44.5 Å². The topological polar surface area (TPSA) is 80.7 Å². The fraction of sp³-hybridized carbons (Fsp3) is 0.400. The third kappa shape index (κ3) is 5.59. The molecule has 1 N–H and O–H groups in total. The van der Waals surface area contributed by atoms with Gasteiger partial charge in [0.25, 0.3) is 0 Å². The predicted octanol–water partition coefficient (Wildman–Crippen LogP) is 2.38. The van der Waals surface area contributed by atoms with E-state index in [1.807, 2.05) is 0 Å². The fourth-order valence-electron chi connectivity index (χ4n) is 1.42. The highest BCUT2D eigenvalue weighted by Gasteiger charge is 2.28. The number of sulfone groups is 1. The number of carboxylic acids is 1. The molecule has 0 heterocycles. The van der Waals surface area contributed by atoms with E-state index in [0.717, 1.165) is 11.6 Å². The van der Waals surface area contributed by atoms with Gasteiger partial charge in [-0.25, -0.2) is 13.2 Å². The summed E-state index contributed by atoms with van der Waals surface area (Å²) in [5.74, 6) is -0.508. The normalized spacial score (nSPS) is 12.5. The second-order valence-corrected chi connectivity index (χ2v) is 8.38. The van der Waals surface area contributed by atoms with Crippen LogP contribution in [0, 0.1) is 0 Å². The Labute approximate surface area is 125 Å². The van der Waals surface area contributed by atoms with Crippen molar-refractivity contribution in [3.8, 4) is 5.75 Å². The summed E-state index contributed by atoms with van der Waals surface area (Å²) >= 11 is 0. The molecule has 1 aromatic carbocycles. The first-order valence-electron chi connectivity index (χ1n) is 6.48. The third-order valence-corrected chi connectivity index (χ3v) is 5.42. The Morgan fingerprint density at radius 3 is 2.29 bits per heavy atom. The Kier molecular flexibility index (Phi) is 5.54. The smallest absolute Gasteiger partial charge is 0.328 e. The minimum Gasteiger partial charge on any atom is -0.493 e. The minimum atomic E-state index is -3.20. The van der Waals surface area contributed by atoms with Crippen LogP contribution in [0.15, 0.2) is 30.3 Å². The molecule has 0 atom stereocenters. The maximum atomic E-state index is 11.9. The van der Waals surface area contributed by atoms with Gasteiger partial charge >= 0.3 is 5.97 Å². The largest absolute Gasteiger partial charge is 0.493 e. The molecule has 1 rings (SSSR count). The maximum Gasteiger partial charge on any atom is 0.328 e. The molecule has 5 nitrogen and oxygen atoms in total. The maximum absolute atomic E-state index is 11.9. The lowest BCUT2D eigenvalue weighted by Crippen LogP contribution is -2.32. The molecule has 0 amide bonds. The van der Waals surface area contributed by atoms with Gasteiger partial charge in [-0.3, -0.25) is 0 Å². The van der Waals surface area contributed by atoms with Gasteiger partial charge < -0.3 is 9.84 Å². The van der Waals surface area contributed by atoms with Crippen LogP contribution in [0.4, 0.5) is 0 Å². The van der Waals surface area contributed by atoms with E-state index in [0.29, 0.717) is 5.75 Å². The third-order valence-electron chi connectivity index (χ3n) is 2.85. The molecular weight excluding hydrogens is 292 g/mol. The van der Waals surface area contributed by atoms with Crippen molar-refractivity contribution >= 4 is 21.9 Å². The average Bonchev–Trinajstić information content (AvgIpc) is 2.36. The Morgan fingerprint density at radius 2 is 1.81 bits per heavy atom. The molecule has 0 spiro atoms. The quantitative estimate of drug-likeness (QED) is 0.816. The Bertz CT molecular complexity index is 606. The summed E-state index contributed by atoms with van der Waals surface area (Å²) in [7, 11) is -3.20. The summed E-state index contributed by atoms with van der Waals surface area (Å²) in [6, 6.07) is 6.75. The lowest BCUT2D eigenvalue weighted by atomic mass is 10.2. The van der Waals surface area contributed by atoms with E-state index >= 15 is 0 Å². The zero-order valence-corrected chi connectivity index (χ0v) is 13.2. The van der Waals surface area contributed by atoms with Gasteiger partial charge in [0.15, 0.2) is 9.84 Å². The summed E-state index contributed by atoms with van der Waals surface area (Å²) in [5, 5.41) is 8.52. The molecule has 1 aromatic rings. The highest BCUT2D eigenvalue weighted by Crippen LogP contribution is 2.17. The summed E-state index contributed by atoms with van der Waals surface area (Å²) in [4.78, 5) is 10.4. The van der Waals surface area contributed by atoms with Crippen molar-refractivity contribution in [3.05, 3.63) is 35.9 Å². The SMILES string of the molecule is CC(C)(C)S(=O)(=O)CCOc1ccc(/C=C/C(=O)O)cc1. The lowest BCUT2D eigenvalue weighted by molar-refractivity contribution is -0.131. The molecule has 21 heavy (non-hydrogen) atoms. The van der Waals surface area contributed by atoms with Crippen LogP contribution in [-0.4, -0.2) is 36.6 Å². The first-order valence-corrected chi connectivity index (χ1v) is 8.13. The molecule has 0 unspecified atom stereocenters. The molecule has 6 heteroatoms. The van der Waals surface area contributed by atoms with Crippen LogP contribution in [-0.2, 0) is 14.6 Å². The van der Waals surface area contributed by atoms with Gasteiger partial charge in [-0.2, -0.15) is 0 Å². The Balaban J connectivity index is 2.56. The molecule has 0 bridgehead atoms. The van der Waals surface area contributed by atoms with E-state index in [4.69, 9.17) is 9.84 Å². The molecule has 0 saturated carbocycles. The van der Waals surface area contributed by atoms with E-state index in [-0.39, 0.29) is 12.4 Å². The Morgan fingerprint density at radius 1 is 1.24 bits per heavy atom. The second kappa shape index (κ2) is 6.76. The van der Waals surface area contributed by atoms with Gasteiger partial charge in [0.05, 0.1) is 10.5 Å². The van der Waals surface area contributed by atoms with Crippen LogP contribution in [0.2, 0.25) is 0 Å². The number of carboxylic acid groups (broad SMARTS) is 1. The first-order chi connectivity index (χ1) is 9.62. The molecule has 0 fully saturated rings. The second-order valence-electron chi connectivity index (χ2n) is 5.52. The Hall–Kier alpha value is -1.82. The van der Waals surface area contributed by atoms with Gasteiger partial charge in [0.1, 0.15) is 12.4 Å². The van der Waals surface area contributed by atoms with Gasteiger partial charge in [0, 0.05) is 6.08 Å². The van der Waals surface area contributed by atoms with Crippen LogP contribution in [0.3, 0.4) is 0 Å². The van der Waals surface area contributed by atoms with E-state index in [1.54, 1.807) is 45.0 Å². The van der Waals surface area contributed by atoms with E-state index in [1.165, 1.54) is 6.08 Å². The minimum absolute atomic E-state index is 0.0445. The molecule has 0 aliphatic heterocycles. The van der Waals surface area contributed by atoms with Crippen LogP contribution in [0.5, 0.6) is 5.75 Å². The number of rotatable bonds is 6. The lowest BCUT2D eigenvalue weighted by Gasteiger charge is -2.19. The number of benzene rings is 1. The zero-order chi connectivity index (χ0) is 16.1. The summed E-state index contributed by atoms with van der Waals surface area (Å²) < 4.78 is 28.4. The van der Waals surface area contributed by atoms with Crippen molar-refractivity contribution in [2.75, 3.05) is 12.4 Å². The van der Waals surface area contributed by atoms with Crippen molar-refractivity contribution in [3.63, 3.8) is 0 Å². The first kappa shape index (κ1) is 17.2. The van der Waals surface area contributed by atoms with Gasteiger partial charge in [0.2, 0.25) is 0 Å². The van der Waals surface area contributed by atoms with Crippen molar-refractivity contribution in [2.24, 2.45) is 0 Å². The van der Waals surface area contributed by atoms with Crippen LogP contribution < -0.4 is 4.74 Å². The standard InChI is InChI=1S/C15H20O5S/c1-15(2,3)21(18,19)11-10-20-13-7-4-12(5-8-13)6-9-14(16)17/h4-9H,10-11H2,1-3H3,(H,16,17)/b9-6+. The van der Waals surface area contributed by atoms with Crippen LogP contribution >= 0.6 is 0 Å². The summed E-state index contributed by atoms with van der Waals surface area (Å²) in [5.41, 5.74) is 0.729. The number of ether oxygens (including phenoxy) is 1. The van der Waals surface area contributed by atoms with Crippen molar-refractivity contribution in [2.45, 2.75) is 25.5 Å². The van der Waals surface area contributed by atoms with Crippen molar-refractivity contribution in [1.29, 1.82) is 0 Å². The van der Waals surface area contributed by atoms with Crippen molar-refractivity contribution < 1.29 is 23.1 Å². The number of hydrogen-bond donors (Lipinski definition) is 1. The highest BCUT2D eigenvalue weighted by atomic mass is 32.2. The monoisotopic (exact) mass is 312 g/mol. The molecule has 0 aliphatic rings. The van der Waals surface area contributed by atoms with E-state index < -0.39 is 20.6 Å². The van der Waals surface area contributed by atoms with Gasteiger partial charge in [-0.15, -0.1) is 0 Å². The number of carbonyl (C=O) groups is 1. The number of aliphatic carboxylic acids is 1. The van der Waals surface area contributed by atoms with Crippen LogP contribution in [0.25, 0.3) is 6.08 Å². The fourth-order valence-corrected chi connectivity index (χ4v) is 2.33. The van der Waals surface area contributed by atoms with Gasteiger partial charge in [-0.1, -0.05) is 12.1 Å². The molecular formula is C15H20O5S. The molecule has 0 aromatic heterocycles. The molecule has 0 saturated heterocycles. The zero-order valence-electron chi connectivity index (χ0n) is 12.4. The van der Waals surface area contributed by atoms with E-state index in [2.05, 4.69) is 0 Å². The van der Waals surface area contributed by atoms with E-state index in [9.17, 15) is 13.2 Å². The van der Waals surface area contributed by atoms with Crippen LogP contribution in [0.1, 0.15) is 26.3 Å². The number of hydrogen-bond acceptors (Lipinski definition) is 4. The summed E-state index contributed by atoms with van der Waals surface area (Å²) in [6.07, 6.45) is 2.52. The molecule has 116 valence electrons. The molecule has 0 radical (unpaired) electrons. The molecule has 0 aliphatic carbocycles. The highest BCUT2D eigenvalue weighted by molar-refractivity contribution is 7.92.